The molecule has 0 heterocycles. The SMILES string of the molecule is CC1(C)CCC2C3CCC4=CC(=O)CC[C@@H]4C3CC[C@@]21C. The van der Waals surface area contributed by atoms with E-state index in [0.717, 1.165) is 36.5 Å². The van der Waals surface area contributed by atoms with Crippen LogP contribution in [-0.4, -0.2) is 5.78 Å². The Balaban J connectivity index is 1.64. The van der Waals surface area contributed by atoms with Crippen molar-refractivity contribution < 1.29 is 4.79 Å². The maximum atomic E-state index is 11.7. The van der Waals surface area contributed by atoms with Crippen molar-refractivity contribution in [2.24, 2.45) is 34.5 Å². The zero-order valence-corrected chi connectivity index (χ0v) is 14.0. The molecule has 0 spiro atoms. The molecule has 21 heavy (non-hydrogen) atoms. The van der Waals surface area contributed by atoms with Gasteiger partial charge in [-0.3, -0.25) is 4.79 Å². The van der Waals surface area contributed by atoms with Crippen molar-refractivity contribution in [1.82, 2.24) is 0 Å². The predicted molar refractivity (Wildman–Crippen MR) is 85.9 cm³/mol. The summed E-state index contributed by atoms with van der Waals surface area (Å²) in [5.74, 6) is 3.94. The van der Waals surface area contributed by atoms with Crippen LogP contribution in [0, 0.1) is 34.5 Å². The van der Waals surface area contributed by atoms with E-state index in [4.69, 9.17) is 0 Å². The number of ketones is 1. The van der Waals surface area contributed by atoms with E-state index < -0.39 is 0 Å². The van der Waals surface area contributed by atoms with Crippen molar-refractivity contribution in [3.05, 3.63) is 11.6 Å². The summed E-state index contributed by atoms with van der Waals surface area (Å²) in [7, 11) is 0. The van der Waals surface area contributed by atoms with Gasteiger partial charge in [-0.15, -0.1) is 0 Å². The molecule has 4 aliphatic rings. The van der Waals surface area contributed by atoms with Crippen LogP contribution in [0.2, 0.25) is 0 Å². The molecule has 3 fully saturated rings. The third-order valence-electron chi connectivity index (χ3n) is 8.32. The summed E-state index contributed by atoms with van der Waals surface area (Å²) in [4.78, 5) is 11.7. The second-order valence-electron chi connectivity index (χ2n) is 9.18. The van der Waals surface area contributed by atoms with Crippen LogP contribution in [0.5, 0.6) is 0 Å². The van der Waals surface area contributed by atoms with Crippen molar-refractivity contribution in [3.63, 3.8) is 0 Å². The van der Waals surface area contributed by atoms with Gasteiger partial charge in [-0.25, -0.2) is 0 Å². The summed E-state index contributed by atoms with van der Waals surface area (Å²) in [6.07, 6.45) is 12.3. The minimum atomic E-state index is 0.391. The van der Waals surface area contributed by atoms with Crippen LogP contribution in [0.3, 0.4) is 0 Å². The minimum absolute atomic E-state index is 0.391. The van der Waals surface area contributed by atoms with Crippen LogP contribution in [0.15, 0.2) is 11.6 Å². The Morgan fingerprint density at radius 3 is 2.57 bits per heavy atom. The van der Waals surface area contributed by atoms with Crippen molar-refractivity contribution in [1.29, 1.82) is 0 Å². The van der Waals surface area contributed by atoms with E-state index in [1.54, 1.807) is 0 Å². The lowest BCUT2D eigenvalue weighted by Crippen LogP contribution is -2.48. The molecule has 1 heteroatoms. The first kappa shape index (κ1) is 14.0. The van der Waals surface area contributed by atoms with E-state index in [1.165, 1.54) is 44.1 Å². The fourth-order valence-electron chi connectivity index (χ4n) is 6.68. The van der Waals surface area contributed by atoms with E-state index in [1.807, 2.05) is 6.08 Å². The number of carbonyl (C=O) groups excluding carboxylic acids is 1. The molecule has 0 aromatic carbocycles. The summed E-state index contributed by atoms with van der Waals surface area (Å²) >= 11 is 0. The average Bonchev–Trinajstić information content (AvgIpc) is 2.69. The number of allylic oxidation sites excluding steroid dienone is 1. The lowest BCUT2D eigenvalue weighted by molar-refractivity contribution is -0.116. The number of carbonyl (C=O) groups is 1. The first-order valence-electron chi connectivity index (χ1n) is 9.16. The topological polar surface area (TPSA) is 17.1 Å². The van der Waals surface area contributed by atoms with E-state index in [0.29, 0.717) is 16.6 Å². The average molecular weight is 286 g/mol. The lowest BCUT2D eigenvalue weighted by Gasteiger charge is -2.56. The second-order valence-corrected chi connectivity index (χ2v) is 9.18. The van der Waals surface area contributed by atoms with E-state index in [2.05, 4.69) is 20.8 Å². The van der Waals surface area contributed by atoms with Gasteiger partial charge in [0, 0.05) is 6.42 Å². The molecule has 0 bridgehead atoms. The zero-order valence-electron chi connectivity index (χ0n) is 14.0. The van der Waals surface area contributed by atoms with Crippen LogP contribution in [0.1, 0.15) is 72.1 Å². The Morgan fingerprint density at radius 2 is 1.76 bits per heavy atom. The van der Waals surface area contributed by atoms with Gasteiger partial charge in [0.05, 0.1) is 0 Å². The molecule has 0 N–H and O–H groups in total. The molecular formula is C20H30O. The van der Waals surface area contributed by atoms with Gasteiger partial charge in [0.15, 0.2) is 5.78 Å². The summed E-state index contributed by atoms with van der Waals surface area (Å²) < 4.78 is 0. The molecule has 4 aliphatic carbocycles. The molecule has 0 aromatic rings. The van der Waals surface area contributed by atoms with E-state index in [9.17, 15) is 4.79 Å². The molecule has 0 amide bonds. The lowest BCUT2D eigenvalue weighted by atomic mass is 9.49. The largest absolute Gasteiger partial charge is 0.295 e. The Morgan fingerprint density at radius 1 is 0.952 bits per heavy atom. The molecule has 4 rings (SSSR count). The smallest absolute Gasteiger partial charge is 0.155 e. The van der Waals surface area contributed by atoms with Gasteiger partial charge < -0.3 is 0 Å². The first-order valence-corrected chi connectivity index (χ1v) is 9.16. The van der Waals surface area contributed by atoms with Crippen molar-refractivity contribution in [2.75, 3.05) is 0 Å². The number of hydrogen-bond acceptors (Lipinski definition) is 1. The van der Waals surface area contributed by atoms with Crippen LogP contribution in [-0.2, 0) is 4.79 Å². The van der Waals surface area contributed by atoms with Gasteiger partial charge in [-0.1, -0.05) is 26.3 Å². The van der Waals surface area contributed by atoms with Gasteiger partial charge in [0.1, 0.15) is 0 Å². The molecule has 3 saturated carbocycles. The zero-order chi connectivity index (χ0) is 14.8. The molecular weight excluding hydrogens is 256 g/mol. The molecule has 0 aliphatic heterocycles. The standard InChI is InChI=1S/C20H30O/c1-19(2)10-9-18-17-6-4-13-12-14(21)5-7-15(13)16(17)8-11-20(18,19)3/h12,15-18H,4-11H2,1-3H3/t15-,16?,17?,18?,20-/m0/s1. The third kappa shape index (κ3) is 1.85. The van der Waals surface area contributed by atoms with Crippen LogP contribution >= 0.6 is 0 Å². The number of hydrogen-bond donors (Lipinski definition) is 0. The predicted octanol–water partition coefficient (Wildman–Crippen LogP) is 5.15. The fraction of sp³-hybridized carbons (Fsp3) is 0.850. The molecule has 116 valence electrons. The Hall–Kier alpha value is -0.590. The minimum Gasteiger partial charge on any atom is -0.295 e. The highest BCUT2D eigenvalue weighted by Crippen LogP contribution is 2.67. The quantitative estimate of drug-likeness (QED) is 0.601. The molecule has 5 atom stereocenters. The highest BCUT2D eigenvalue weighted by molar-refractivity contribution is 5.91. The van der Waals surface area contributed by atoms with Gasteiger partial charge >= 0.3 is 0 Å². The van der Waals surface area contributed by atoms with E-state index in [-0.39, 0.29) is 0 Å². The summed E-state index contributed by atoms with van der Waals surface area (Å²) in [5.41, 5.74) is 2.62. The van der Waals surface area contributed by atoms with E-state index >= 15 is 0 Å². The van der Waals surface area contributed by atoms with Gasteiger partial charge in [0.25, 0.3) is 0 Å². The molecule has 0 aromatic heterocycles. The first-order chi connectivity index (χ1) is 9.92. The summed E-state index contributed by atoms with van der Waals surface area (Å²) in [6.45, 7) is 7.62. The van der Waals surface area contributed by atoms with Gasteiger partial charge in [0.2, 0.25) is 0 Å². The summed E-state index contributed by atoms with van der Waals surface area (Å²) in [5, 5.41) is 0. The van der Waals surface area contributed by atoms with Crippen molar-refractivity contribution in [3.8, 4) is 0 Å². The van der Waals surface area contributed by atoms with Crippen molar-refractivity contribution >= 4 is 5.78 Å². The fourth-order valence-corrected chi connectivity index (χ4v) is 6.68. The van der Waals surface area contributed by atoms with Gasteiger partial charge in [-0.2, -0.15) is 0 Å². The third-order valence-corrected chi connectivity index (χ3v) is 8.32. The van der Waals surface area contributed by atoms with Crippen molar-refractivity contribution in [2.45, 2.75) is 72.1 Å². The Labute approximate surface area is 129 Å². The molecule has 0 saturated heterocycles. The second kappa shape index (κ2) is 4.46. The Kier molecular flexibility index (Phi) is 2.98. The monoisotopic (exact) mass is 286 g/mol. The van der Waals surface area contributed by atoms with Crippen LogP contribution in [0.25, 0.3) is 0 Å². The Bertz CT molecular complexity index is 500. The highest BCUT2D eigenvalue weighted by atomic mass is 16.1. The highest BCUT2D eigenvalue weighted by Gasteiger charge is 2.58. The van der Waals surface area contributed by atoms with Crippen LogP contribution < -0.4 is 0 Å². The normalized spacial score (nSPS) is 48.1. The molecule has 3 unspecified atom stereocenters. The van der Waals surface area contributed by atoms with Gasteiger partial charge in [-0.05, 0) is 85.5 Å². The summed E-state index contributed by atoms with van der Waals surface area (Å²) in [6, 6.07) is 0. The molecule has 1 nitrogen and oxygen atoms in total. The van der Waals surface area contributed by atoms with Crippen LogP contribution in [0.4, 0.5) is 0 Å². The number of rotatable bonds is 0. The molecule has 0 radical (unpaired) electrons. The maximum Gasteiger partial charge on any atom is 0.155 e. The number of fused-ring (bicyclic) bond motifs is 5. The maximum absolute atomic E-state index is 11.7.